The summed E-state index contributed by atoms with van der Waals surface area (Å²) in [5.74, 6) is 1.93. The zero-order valence-electron chi connectivity index (χ0n) is 7.67. The number of fused-ring (bicyclic) bond motifs is 2. The van der Waals surface area contributed by atoms with E-state index in [1.165, 1.54) is 12.8 Å². The highest BCUT2D eigenvalue weighted by Crippen LogP contribution is 2.61. The van der Waals surface area contributed by atoms with Crippen LogP contribution in [0.5, 0.6) is 0 Å². The summed E-state index contributed by atoms with van der Waals surface area (Å²) in [6.07, 6.45) is 2.59. The monoisotopic (exact) mass is 154 g/mol. The number of aliphatic hydroxyl groups excluding tert-OH is 1. The molecule has 2 bridgehead atoms. The van der Waals surface area contributed by atoms with Gasteiger partial charge in [-0.1, -0.05) is 20.8 Å². The highest BCUT2D eigenvalue weighted by molar-refractivity contribution is 5.08. The fourth-order valence-corrected chi connectivity index (χ4v) is 3.49. The molecular formula is C10H18O. The first kappa shape index (κ1) is 7.60. The van der Waals surface area contributed by atoms with Gasteiger partial charge in [0.05, 0.1) is 6.10 Å². The average molecular weight is 154 g/mol. The lowest BCUT2D eigenvalue weighted by Crippen LogP contribution is -2.62. The molecule has 0 aromatic rings. The Bertz CT molecular complexity index is 170. The largest absolute Gasteiger partial charge is 0.392 e. The number of aliphatic hydroxyl groups is 1. The van der Waals surface area contributed by atoms with E-state index in [0.29, 0.717) is 17.3 Å². The zero-order valence-corrected chi connectivity index (χ0v) is 7.67. The van der Waals surface area contributed by atoms with E-state index in [0.717, 1.165) is 5.92 Å². The smallest absolute Gasteiger partial charge is 0.0609 e. The SMILES string of the molecule is CC1CCC2C(O)C1C2(C)C. The van der Waals surface area contributed by atoms with Crippen molar-refractivity contribution in [2.45, 2.75) is 39.7 Å². The van der Waals surface area contributed by atoms with Crippen LogP contribution in [-0.2, 0) is 0 Å². The van der Waals surface area contributed by atoms with Crippen molar-refractivity contribution in [3.63, 3.8) is 0 Å². The van der Waals surface area contributed by atoms with Gasteiger partial charge >= 0.3 is 0 Å². The van der Waals surface area contributed by atoms with Gasteiger partial charge in [0.2, 0.25) is 0 Å². The minimum atomic E-state index is 0.0220. The first-order valence-corrected chi connectivity index (χ1v) is 4.73. The van der Waals surface area contributed by atoms with E-state index in [4.69, 9.17) is 0 Å². The molecular weight excluding hydrogens is 136 g/mol. The van der Waals surface area contributed by atoms with E-state index in [1.54, 1.807) is 0 Å². The Morgan fingerprint density at radius 2 is 1.91 bits per heavy atom. The summed E-state index contributed by atoms with van der Waals surface area (Å²) in [4.78, 5) is 0. The molecule has 3 aliphatic rings. The molecule has 3 rings (SSSR count). The second kappa shape index (κ2) is 2.01. The second-order valence-corrected chi connectivity index (χ2v) is 5.00. The van der Waals surface area contributed by atoms with Crippen LogP contribution >= 0.6 is 0 Å². The van der Waals surface area contributed by atoms with Gasteiger partial charge in [0.1, 0.15) is 0 Å². The molecule has 0 aliphatic heterocycles. The average Bonchev–Trinajstić information content (AvgIpc) is 1.85. The maximum absolute atomic E-state index is 9.73. The van der Waals surface area contributed by atoms with Crippen LogP contribution in [0.2, 0.25) is 0 Å². The van der Waals surface area contributed by atoms with E-state index in [2.05, 4.69) is 20.8 Å². The number of hydrogen-bond donors (Lipinski definition) is 1. The van der Waals surface area contributed by atoms with E-state index >= 15 is 0 Å². The van der Waals surface area contributed by atoms with Gasteiger partial charge in [-0.15, -0.1) is 0 Å². The lowest BCUT2D eigenvalue weighted by molar-refractivity contribution is -0.207. The number of rotatable bonds is 0. The first-order valence-electron chi connectivity index (χ1n) is 4.73. The van der Waals surface area contributed by atoms with Crippen molar-refractivity contribution < 1.29 is 5.11 Å². The predicted molar refractivity (Wildman–Crippen MR) is 45.2 cm³/mol. The minimum absolute atomic E-state index is 0.0220. The van der Waals surface area contributed by atoms with Gasteiger partial charge in [-0.25, -0.2) is 0 Å². The maximum Gasteiger partial charge on any atom is 0.0609 e. The van der Waals surface area contributed by atoms with Crippen molar-refractivity contribution in [2.24, 2.45) is 23.2 Å². The molecule has 3 saturated carbocycles. The van der Waals surface area contributed by atoms with Crippen LogP contribution in [0.25, 0.3) is 0 Å². The van der Waals surface area contributed by atoms with Crippen LogP contribution in [-0.4, -0.2) is 11.2 Å². The molecule has 4 atom stereocenters. The van der Waals surface area contributed by atoms with Crippen molar-refractivity contribution >= 4 is 0 Å². The fraction of sp³-hybridized carbons (Fsp3) is 1.00. The van der Waals surface area contributed by atoms with Crippen LogP contribution in [0.4, 0.5) is 0 Å². The Hall–Kier alpha value is -0.0400. The van der Waals surface area contributed by atoms with Gasteiger partial charge in [-0.05, 0) is 36.0 Å². The molecule has 0 amide bonds. The van der Waals surface area contributed by atoms with Gasteiger partial charge in [0.15, 0.2) is 0 Å². The van der Waals surface area contributed by atoms with E-state index in [-0.39, 0.29) is 6.10 Å². The summed E-state index contributed by atoms with van der Waals surface area (Å²) < 4.78 is 0. The fourth-order valence-electron chi connectivity index (χ4n) is 3.49. The summed E-state index contributed by atoms with van der Waals surface area (Å²) in [5, 5.41) is 9.73. The molecule has 0 heterocycles. The third kappa shape index (κ3) is 0.752. The molecule has 0 saturated heterocycles. The molecule has 4 unspecified atom stereocenters. The van der Waals surface area contributed by atoms with Gasteiger partial charge in [0, 0.05) is 0 Å². The molecule has 1 N–H and O–H groups in total. The van der Waals surface area contributed by atoms with Gasteiger partial charge < -0.3 is 5.11 Å². The quantitative estimate of drug-likeness (QED) is 0.566. The van der Waals surface area contributed by atoms with E-state index in [1.807, 2.05) is 0 Å². The Labute approximate surface area is 68.8 Å². The summed E-state index contributed by atoms with van der Waals surface area (Å²) in [6, 6.07) is 0. The summed E-state index contributed by atoms with van der Waals surface area (Å²) in [7, 11) is 0. The topological polar surface area (TPSA) is 20.2 Å². The predicted octanol–water partition coefficient (Wildman–Crippen LogP) is 2.05. The Balaban J connectivity index is 2.21. The Morgan fingerprint density at radius 3 is 2.18 bits per heavy atom. The highest BCUT2D eigenvalue weighted by atomic mass is 16.3. The van der Waals surface area contributed by atoms with Crippen LogP contribution in [0.1, 0.15) is 33.6 Å². The maximum atomic E-state index is 9.73. The summed E-state index contributed by atoms with van der Waals surface area (Å²) in [5.41, 5.74) is 0.428. The van der Waals surface area contributed by atoms with Gasteiger partial charge in [-0.3, -0.25) is 0 Å². The van der Waals surface area contributed by atoms with Crippen molar-refractivity contribution in [3.05, 3.63) is 0 Å². The van der Waals surface area contributed by atoms with Gasteiger partial charge in [-0.2, -0.15) is 0 Å². The molecule has 1 heteroatoms. The van der Waals surface area contributed by atoms with Gasteiger partial charge in [0.25, 0.3) is 0 Å². The van der Waals surface area contributed by atoms with Crippen molar-refractivity contribution in [2.75, 3.05) is 0 Å². The normalized spacial score (nSPS) is 53.5. The third-order valence-electron chi connectivity index (χ3n) is 4.14. The standard InChI is InChI=1S/C10H18O/c1-6-4-5-7-9(11)8(6)10(7,2)3/h6-9,11H,4-5H2,1-3H3. The van der Waals surface area contributed by atoms with E-state index < -0.39 is 0 Å². The van der Waals surface area contributed by atoms with Crippen LogP contribution < -0.4 is 0 Å². The van der Waals surface area contributed by atoms with Crippen molar-refractivity contribution in [1.82, 2.24) is 0 Å². The number of hydrogen-bond acceptors (Lipinski definition) is 1. The van der Waals surface area contributed by atoms with E-state index in [9.17, 15) is 5.11 Å². The van der Waals surface area contributed by atoms with Crippen LogP contribution in [0, 0.1) is 23.2 Å². The molecule has 0 radical (unpaired) electrons. The summed E-state index contributed by atoms with van der Waals surface area (Å²) >= 11 is 0. The molecule has 3 aliphatic carbocycles. The lowest BCUT2D eigenvalue weighted by Gasteiger charge is -2.62. The molecule has 0 aromatic carbocycles. The molecule has 1 nitrogen and oxygen atoms in total. The second-order valence-electron chi connectivity index (χ2n) is 5.00. The molecule has 64 valence electrons. The first-order chi connectivity index (χ1) is 5.05. The lowest BCUT2D eigenvalue weighted by atomic mass is 9.44. The third-order valence-corrected chi connectivity index (χ3v) is 4.14. The molecule has 0 aromatic heterocycles. The van der Waals surface area contributed by atoms with Crippen molar-refractivity contribution in [3.8, 4) is 0 Å². The van der Waals surface area contributed by atoms with Crippen molar-refractivity contribution in [1.29, 1.82) is 0 Å². The summed E-state index contributed by atoms with van der Waals surface area (Å²) in [6.45, 7) is 6.90. The van der Waals surface area contributed by atoms with Crippen LogP contribution in [0.3, 0.4) is 0 Å². The Morgan fingerprint density at radius 1 is 1.27 bits per heavy atom. The highest BCUT2D eigenvalue weighted by Gasteiger charge is 2.59. The molecule has 3 fully saturated rings. The molecule has 0 spiro atoms. The van der Waals surface area contributed by atoms with Crippen LogP contribution in [0.15, 0.2) is 0 Å². The minimum Gasteiger partial charge on any atom is -0.392 e. The molecule has 11 heavy (non-hydrogen) atoms. The Kier molecular flexibility index (Phi) is 1.39. The zero-order chi connectivity index (χ0) is 8.22.